The molecule has 1 aliphatic heterocycles. The van der Waals surface area contributed by atoms with Gasteiger partial charge in [-0.1, -0.05) is 22.0 Å². The lowest BCUT2D eigenvalue weighted by Crippen LogP contribution is -2.47. The molecule has 6 nitrogen and oxygen atoms in total. The summed E-state index contributed by atoms with van der Waals surface area (Å²) in [5, 5.41) is 4.35. The predicted molar refractivity (Wildman–Crippen MR) is 102 cm³/mol. The molecule has 1 amide bonds. The summed E-state index contributed by atoms with van der Waals surface area (Å²) in [7, 11) is 0. The Labute approximate surface area is 156 Å². The van der Waals surface area contributed by atoms with Crippen LogP contribution in [0.4, 0.5) is 10.7 Å². The molecule has 2 heterocycles. The maximum atomic E-state index is 12.3. The Morgan fingerprint density at radius 3 is 2.96 bits per heavy atom. The Balaban J connectivity index is 1.67. The number of piperidine rings is 1. The Bertz CT molecular complexity index is 775. The quantitative estimate of drug-likeness (QED) is 0.808. The molecule has 25 heavy (non-hydrogen) atoms. The normalized spacial score (nSPS) is 18.2. The van der Waals surface area contributed by atoms with Crippen molar-refractivity contribution in [3.63, 3.8) is 0 Å². The lowest BCUT2D eigenvalue weighted by molar-refractivity contribution is 0.0206. The van der Waals surface area contributed by atoms with Gasteiger partial charge in [0.1, 0.15) is 5.60 Å². The maximum Gasteiger partial charge on any atom is 0.410 e. The van der Waals surface area contributed by atoms with E-state index in [0.29, 0.717) is 12.5 Å². The molecule has 0 spiro atoms. The molecule has 1 atom stereocenters. The molecule has 1 aromatic heterocycles. The summed E-state index contributed by atoms with van der Waals surface area (Å²) in [6.45, 7) is 6.95. The van der Waals surface area contributed by atoms with Gasteiger partial charge in [-0.3, -0.25) is 0 Å². The van der Waals surface area contributed by atoms with Gasteiger partial charge >= 0.3 is 6.09 Å². The van der Waals surface area contributed by atoms with Crippen molar-refractivity contribution in [1.29, 1.82) is 0 Å². The van der Waals surface area contributed by atoms with E-state index in [1.165, 1.54) is 0 Å². The van der Waals surface area contributed by atoms with Crippen LogP contribution in [-0.2, 0) is 4.74 Å². The number of hydrogen-bond acceptors (Lipinski definition) is 5. The third-order valence-electron chi connectivity index (χ3n) is 3.95. The van der Waals surface area contributed by atoms with Crippen LogP contribution in [0.2, 0.25) is 0 Å². The number of nitrogens with one attached hydrogen (secondary N) is 1. The molecule has 2 aromatic rings. The number of likely N-dealkylation sites (tertiary alicyclic amines) is 1. The van der Waals surface area contributed by atoms with Crippen molar-refractivity contribution in [2.75, 3.05) is 18.4 Å². The minimum atomic E-state index is -0.480. The molecule has 1 aliphatic rings. The Morgan fingerprint density at radius 1 is 1.40 bits per heavy atom. The van der Waals surface area contributed by atoms with E-state index < -0.39 is 5.60 Å². The van der Waals surface area contributed by atoms with Crippen LogP contribution in [-0.4, -0.2) is 45.7 Å². The van der Waals surface area contributed by atoms with Gasteiger partial charge in [-0.25, -0.2) is 14.8 Å². The summed E-state index contributed by atoms with van der Waals surface area (Å²) in [6.07, 6.45) is 3.45. The Morgan fingerprint density at radius 2 is 2.20 bits per heavy atom. The summed E-state index contributed by atoms with van der Waals surface area (Å²) < 4.78 is 6.45. The number of nitrogens with zero attached hydrogens (tertiary/aromatic N) is 3. The van der Waals surface area contributed by atoms with Gasteiger partial charge in [-0.15, -0.1) is 0 Å². The van der Waals surface area contributed by atoms with Crippen LogP contribution < -0.4 is 5.32 Å². The molecule has 0 aliphatic carbocycles. The average molecular weight is 407 g/mol. The molecule has 7 heteroatoms. The molecule has 1 saturated heterocycles. The van der Waals surface area contributed by atoms with Crippen LogP contribution in [0.25, 0.3) is 10.9 Å². The number of halogens is 1. The topological polar surface area (TPSA) is 67.3 Å². The number of carbonyl (C=O) groups excluding carboxylic acids is 1. The van der Waals surface area contributed by atoms with Gasteiger partial charge in [0.25, 0.3) is 0 Å². The van der Waals surface area contributed by atoms with E-state index in [0.717, 1.165) is 34.8 Å². The molecular weight excluding hydrogens is 384 g/mol. The molecule has 0 bridgehead atoms. The smallest absolute Gasteiger partial charge is 0.410 e. The summed E-state index contributed by atoms with van der Waals surface area (Å²) in [4.78, 5) is 23.0. The highest BCUT2D eigenvalue weighted by Gasteiger charge is 2.27. The van der Waals surface area contributed by atoms with Crippen LogP contribution in [0, 0.1) is 0 Å². The first kappa shape index (κ1) is 17.9. The van der Waals surface area contributed by atoms with Crippen molar-refractivity contribution in [2.45, 2.75) is 45.3 Å². The standard InChI is InChI=1S/C18H23BrN4O2/c1-18(2,3)25-17(24)23-8-4-5-14(11-23)21-16-20-10-12-6-7-13(19)9-15(12)22-16/h6-7,9-10,14H,4-5,8,11H2,1-3H3,(H,20,21,22)/t14-/m0/s1. The summed E-state index contributed by atoms with van der Waals surface area (Å²) >= 11 is 3.46. The molecule has 1 fully saturated rings. The highest BCUT2D eigenvalue weighted by Crippen LogP contribution is 2.20. The zero-order valence-corrected chi connectivity index (χ0v) is 16.3. The second-order valence-corrected chi connectivity index (χ2v) is 8.22. The first-order valence-electron chi connectivity index (χ1n) is 8.47. The monoisotopic (exact) mass is 406 g/mol. The van der Waals surface area contributed by atoms with Crippen LogP contribution in [0.3, 0.4) is 0 Å². The zero-order chi connectivity index (χ0) is 18.0. The molecule has 0 radical (unpaired) electrons. The predicted octanol–water partition coefficient (Wildman–Crippen LogP) is 4.20. The first-order valence-corrected chi connectivity index (χ1v) is 9.26. The van der Waals surface area contributed by atoms with Crippen LogP contribution in [0.15, 0.2) is 28.9 Å². The van der Waals surface area contributed by atoms with Crippen LogP contribution >= 0.6 is 15.9 Å². The zero-order valence-electron chi connectivity index (χ0n) is 14.8. The van der Waals surface area contributed by atoms with Crippen LogP contribution in [0.5, 0.6) is 0 Å². The van der Waals surface area contributed by atoms with E-state index in [1.807, 2.05) is 45.2 Å². The molecular formula is C18H23BrN4O2. The lowest BCUT2D eigenvalue weighted by Gasteiger charge is -2.34. The number of aromatic nitrogens is 2. The number of carbonyl (C=O) groups is 1. The van der Waals surface area contributed by atoms with Gasteiger partial charge in [-0.05, 0) is 45.7 Å². The van der Waals surface area contributed by atoms with E-state index in [4.69, 9.17) is 4.74 Å². The Hall–Kier alpha value is -1.89. The third kappa shape index (κ3) is 4.81. The fourth-order valence-corrected chi connectivity index (χ4v) is 3.18. The number of ether oxygens (including phenoxy) is 1. The maximum absolute atomic E-state index is 12.3. The van der Waals surface area contributed by atoms with Crippen molar-refractivity contribution < 1.29 is 9.53 Å². The first-order chi connectivity index (χ1) is 11.8. The van der Waals surface area contributed by atoms with Crippen molar-refractivity contribution in [1.82, 2.24) is 14.9 Å². The molecule has 0 unspecified atom stereocenters. The second-order valence-electron chi connectivity index (χ2n) is 7.31. The molecule has 3 rings (SSSR count). The van der Waals surface area contributed by atoms with Gasteiger partial charge in [0.2, 0.25) is 5.95 Å². The summed E-state index contributed by atoms with van der Waals surface area (Å²) in [5.74, 6) is 0.585. The largest absolute Gasteiger partial charge is 0.444 e. The van der Waals surface area contributed by atoms with Crippen molar-refractivity contribution in [3.8, 4) is 0 Å². The van der Waals surface area contributed by atoms with E-state index in [9.17, 15) is 4.79 Å². The number of hydrogen-bond donors (Lipinski definition) is 1. The van der Waals surface area contributed by atoms with Gasteiger partial charge in [-0.2, -0.15) is 0 Å². The molecule has 134 valence electrons. The van der Waals surface area contributed by atoms with Crippen molar-refractivity contribution in [3.05, 3.63) is 28.9 Å². The number of benzene rings is 1. The third-order valence-corrected chi connectivity index (χ3v) is 4.44. The highest BCUT2D eigenvalue weighted by molar-refractivity contribution is 9.10. The molecule has 1 aromatic carbocycles. The molecule has 1 N–H and O–H groups in total. The van der Waals surface area contributed by atoms with Gasteiger partial charge < -0.3 is 15.0 Å². The van der Waals surface area contributed by atoms with Gasteiger partial charge in [0.15, 0.2) is 0 Å². The van der Waals surface area contributed by atoms with E-state index in [1.54, 1.807) is 4.90 Å². The molecule has 0 saturated carbocycles. The minimum Gasteiger partial charge on any atom is -0.444 e. The second kappa shape index (κ2) is 7.15. The van der Waals surface area contributed by atoms with E-state index >= 15 is 0 Å². The van der Waals surface area contributed by atoms with Crippen molar-refractivity contribution in [2.24, 2.45) is 0 Å². The lowest BCUT2D eigenvalue weighted by atomic mass is 10.1. The minimum absolute atomic E-state index is 0.117. The number of anilines is 1. The highest BCUT2D eigenvalue weighted by atomic mass is 79.9. The van der Waals surface area contributed by atoms with Crippen LogP contribution in [0.1, 0.15) is 33.6 Å². The van der Waals surface area contributed by atoms with E-state index in [2.05, 4.69) is 31.2 Å². The van der Waals surface area contributed by atoms with Gasteiger partial charge in [0, 0.05) is 35.2 Å². The average Bonchev–Trinajstić information content (AvgIpc) is 2.53. The number of rotatable bonds is 2. The fraction of sp³-hybridized carbons (Fsp3) is 0.500. The van der Waals surface area contributed by atoms with E-state index in [-0.39, 0.29) is 12.1 Å². The van der Waals surface area contributed by atoms with Crippen molar-refractivity contribution >= 4 is 38.9 Å². The number of amides is 1. The Kier molecular flexibility index (Phi) is 5.13. The SMILES string of the molecule is CC(C)(C)OC(=O)N1CCC[C@H](Nc2ncc3ccc(Br)cc3n2)C1. The summed E-state index contributed by atoms with van der Waals surface area (Å²) in [5.41, 5.74) is 0.401. The fourth-order valence-electron chi connectivity index (χ4n) is 2.84. The summed E-state index contributed by atoms with van der Waals surface area (Å²) in [6, 6.07) is 6.04. The number of fused-ring (bicyclic) bond motifs is 1. The van der Waals surface area contributed by atoms with Gasteiger partial charge in [0.05, 0.1) is 5.52 Å².